The zero-order chi connectivity index (χ0) is 17.9. The van der Waals surface area contributed by atoms with Crippen molar-refractivity contribution < 1.29 is 4.79 Å². The van der Waals surface area contributed by atoms with E-state index in [1.165, 1.54) is 0 Å². The van der Waals surface area contributed by atoms with Crippen LogP contribution < -0.4 is 5.32 Å². The van der Waals surface area contributed by atoms with Gasteiger partial charge in [0, 0.05) is 44.1 Å². The van der Waals surface area contributed by atoms with Crippen LogP contribution in [0.15, 0.2) is 55.2 Å². The van der Waals surface area contributed by atoms with Gasteiger partial charge in [0.05, 0.1) is 5.69 Å². The maximum Gasteiger partial charge on any atom is 0.270 e. The predicted octanol–water partition coefficient (Wildman–Crippen LogP) is 1.73. The molecule has 0 spiro atoms. The molecule has 0 saturated heterocycles. The Bertz CT molecular complexity index is 1050. The van der Waals surface area contributed by atoms with Crippen LogP contribution in [0.4, 0.5) is 0 Å². The molecule has 1 N–H and O–H groups in total. The van der Waals surface area contributed by atoms with E-state index in [1.54, 1.807) is 29.1 Å². The van der Waals surface area contributed by atoms with Crippen molar-refractivity contribution in [1.82, 2.24) is 34.2 Å². The molecule has 0 aliphatic carbocycles. The number of hydrogen-bond donors (Lipinski definition) is 1. The monoisotopic (exact) mass is 347 g/mol. The average Bonchev–Trinajstić information content (AvgIpc) is 3.25. The molecule has 0 bridgehead atoms. The largest absolute Gasteiger partial charge is 0.349 e. The zero-order valence-electron chi connectivity index (χ0n) is 14.2. The number of hydrogen-bond acceptors (Lipinski definition) is 5. The van der Waals surface area contributed by atoms with E-state index in [1.807, 2.05) is 42.1 Å². The summed E-state index contributed by atoms with van der Waals surface area (Å²) in [5.74, 6) is 1.08. The van der Waals surface area contributed by atoms with Crippen LogP contribution in [-0.2, 0) is 6.54 Å². The quantitative estimate of drug-likeness (QED) is 0.594. The minimum Gasteiger partial charge on any atom is -0.349 e. The number of carbonyl (C=O) groups excluding carboxylic acids is 1. The van der Waals surface area contributed by atoms with Gasteiger partial charge in [-0.05, 0) is 25.1 Å². The van der Waals surface area contributed by atoms with Gasteiger partial charge in [0.25, 0.3) is 5.91 Å². The van der Waals surface area contributed by atoms with E-state index in [9.17, 15) is 4.79 Å². The summed E-state index contributed by atoms with van der Waals surface area (Å²) < 4.78 is 3.71. The van der Waals surface area contributed by atoms with Crippen LogP contribution in [0.1, 0.15) is 16.2 Å². The van der Waals surface area contributed by atoms with Crippen LogP contribution in [0.3, 0.4) is 0 Å². The highest BCUT2D eigenvalue weighted by atomic mass is 16.1. The number of aryl methyl sites for hydroxylation is 1. The third kappa shape index (κ3) is 2.92. The highest BCUT2D eigenvalue weighted by Crippen LogP contribution is 2.12. The Morgan fingerprint density at radius 1 is 1.08 bits per heavy atom. The lowest BCUT2D eigenvalue weighted by Crippen LogP contribution is -2.28. The predicted molar refractivity (Wildman–Crippen MR) is 95.5 cm³/mol. The molecule has 4 heterocycles. The van der Waals surface area contributed by atoms with E-state index in [4.69, 9.17) is 0 Å². The van der Waals surface area contributed by atoms with E-state index in [-0.39, 0.29) is 5.91 Å². The number of aromatic nitrogens is 6. The van der Waals surface area contributed by atoms with Gasteiger partial charge in [0.2, 0.25) is 0 Å². The Morgan fingerprint density at radius 3 is 2.77 bits per heavy atom. The SMILES string of the molecule is Cc1nc2ccccn2c1C(=O)NCCn1ccnc1-c1ncccn1. The number of fused-ring (bicyclic) bond motifs is 1. The number of carbonyl (C=O) groups is 1. The highest BCUT2D eigenvalue weighted by molar-refractivity contribution is 5.94. The van der Waals surface area contributed by atoms with Crippen molar-refractivity contribution in [2.45, 2.75) is 13.5 Å². The summed E-state index contributed by atoms with van der Waals surface area (Å²) in [6.07, 6.45) is 8.73. The Kier molecular flexibility index (Phi) is 4.14. The maximum atomic E-state index is 12.6. The zero-order valence-corrected chi connectivity index (χ0v) is 14.2. The minimum atomic E-state index is -0.154. The third-order valence-corrected chi connectivity index (χ3v) is 4.04. The first-order valence-corrected chi connectivity index (χ1v) is 8.24. The molecule has 0 atom stereocenters. The summed E-state index contributed by atoms with van der Waals surface area (Å²) in [6.45, 7) is 2.85. The van der Waals surface area contributed by atoms with Gasteiger partial charge in [0.15, 0.2) is 11.6 Å². The van der Waals surface area contributed by atoms with E-state index in [0.29, 0.717) is 36.1 Å². The van der Waals surface area contributed by atoms with Gasteiger partial charge < -0.3 is 9.88 Å². The van der Waals surface area contributed by atoms with E-state index >= 15 is 0 Å². The lowest BCUT2D eigenvalue weighted by Gasteiger charge is -2.09. The summed E-state index contributed by atoms with van der Waals surface area (Å²) in [5, 5.41) is 2.95. The van der Waals surface area contributed by atoms with Crippen molar-refractivity contribution in [2.75, 3.05) is 6.54 Å². The summed E-state index contributed by atoms with van der Waals surface area (Å²) >= 11 is 0. The molecule has 0 aliphatic heterocycles. The van der Waals surface area contributed by atoms with Crippen molar-refractivity contribution in [3.63, 3.8) is 0 Å². The van der Waals surface area contributed by atoms with Crippen molar-refractivity contribution >= 4 is 11.6 Å². The second-order valence-electron chi connectivity index (χ2n) is 5.75. The number of amides is 1. The molecule has 4 aromatic rings. The Labute approximate surface area is 149 Å². The average molecular weight is 347 g/mol. The first kappa shape index (κ1) is 15.9. The van der Waals surface area contributed by atoms with Crippen molar-refractivity contribution in [2.24, 2.45) is 0 Å². The Balaban J connectivity index is 1.46. The highest BCUT2D eigenvalue weighted by Gasteiger charge is 2.16. The number of nitrogens with one attached hydrogen (secondary N) is 1. The van der Waals surface area contributed by atoms with Crippen LogP contribution in [0, 0.1) is 6.92 Å². The van der Waals surface area contributed by atoms with Crippen LogP contribution >= 0.6 is 0 Å². The molecule has 0 saturated carbocycles. The van der Waals surface area contributed by atoms with Crippen molar-refractivity contribution in [1.29, 1.82) is 0 Å². The molecule has 8 nitrogen and oxygen atoms in total. The molecule has 26 heavy (non-hydrogen) atoms. The smallest absolute Gasteiger partial charge is 0.270 e. The van der Waals surface area contributed by atoms with Gasteiger partial charge in [-0.15, -0.1) is 0 Å². The second kappa shape index (κ2) is 6.75. The molecule has 130 valence electrons. The van der Waals surface area contributed by atoms with E-state index in [0.717, 1.165) is 5.65 Å². The molecule has 1 amide bonds. The fourth-order valence-corrected chi connectivity index (χ4v) is 2.87. The summed E-state index contributed by atoms with van der Waals surface area (Å²) in [5.41, 5.74) is 2.01. The minimum absolute atomic E-state index is 0.154. The summed E-state index contributed by atoms with van der Waals surface area (Å²) in [6, 6.07) is 7.41. The molecule has 0 aliphatic rings. The van der Waals surface area contributed by atoms with Crippen molar-refractivity contribution in [3.8, 4) is 11.6 Å². The first-order chi connectivity index (χ1) is 12.7. The molecule has 0 fully saturated rings. The van der Waals surface area contributed by atoms with Gasteiger partial charge in [-0.2, -0.15) is 0 Å². The van der Waals surface area contributed by atoms with Gasteiger partial charge >= 0.3 is 0 Å². The maximum absolute atomic E-state index is 12.6. The van der Waals surface area contributed by atoms with Gasteiger partial charge in [-0.3, -0.25) is 9.20 Å². The fraction of sp³-hybridized carbons (Fsp3) is 0.167. The normalized spacial score (nSPS) is 11.0. The molecule has 0 aromatic carbocycles. The van der Waals surface area contributed by atoms with Crippen LogP contribution in [0.25, 0.3) is 17.3 Å². The number of imidazole rings is 2. The first-order valence-electron chi connectivity index (χ1n) is 8.24. The van der Waals surface area contributed by atoms with Crippen molar-refractivity contribution in [3.05, 3.63) is 66.6 Å². The Morgan fingerprint density at radius 2 is 1.92 bits per heavy atom. The van der Waals surface area contributed by atoms with Gasteiger partial charge in [-0.25, -0.2) is 19.9 Å². The molecule has 0 unspecified atom stereocenters. The topological polar surface area (TPSA) is 90.0 Å². The second-order valence-corrected chi connectivity index (χ2v) is 5.75. The fourth-order valence-electron chi connectivity index (χ4n) is 2.87. The number of pyridine rings is 1. The van der Waals surface area contributed by atoms with Crippen LogP contribution in [0.2, 0.25) is 0 Å². The van der Waals surface area contributed by atoms with E-state index < -0.39 is 0 Å². The third-order valence-electron chi connectivity index (χ3n) is 4.04. The molecular weight excluding hydrogens is 330 g/mol. The van der Waals surface area contributed by atoms with Gasteiger partial charge in [-0.1, -0.05) is 6.07 Å². The Hall–Kier alpha value is -3.55. The number of rotatable bonds is 5. The lowest BCUT2D eigenvalue weighted by molar-refractivity contribution is 0.0946. The molecular formula is C18H17N7O. The summed E-state index contributed by atoms with van der Waals surface area (Å²) in [4.78, 5) is 29.8. The molecule has 8 heteroatoms. The van der Waals surface area contributed by atoms with E-state index in [2.05, 4.69) is 25.3 Å². The lowest BCUT2D eigenvalue weighted by atomic mass is 10.3. The van der Waals surface area contributed by atoms with Crippen LogP contribution in [-0.4, -0.2) is 41.4 Å². The number of nitrogens with zero attached hydrogens (tertiary/aromatic N) is 6. The molecule has 0 radical (unpaired) electrons. The summed E-state index contributed by atoms with van der Waals surface area (Å²) in [7, 11) is 0. The molecule has 4 rings (SSSR count). The van der Waals surface area contributed by atoms with Gasteiger partial charge in [0.1, 0.15) is 11.3 Å². The molecule has 4 aromatic heterocycles. The van der Waals surface area contributed by atoms with Crippen LogP contribution in [0.5, 0.6) is 0 Å². The standard InChI is InChI=1S/C18H17N7O/c1-13-15(25-10-3-2-5-14(25)23-13)18(26)22-9-12-24-11-8-21-17(24)16-19-6-4-7-20-16/h2-8,10-11H,9,12H2,1H3,(H,22,26).